The summed E-state index contributed by atoms with van der Waals surface area (Å²) in [6.45, 7) is 1.83. The lowest BCUT2D eigenvalue weighted by atomic mass is 10.1. The summed E-state index contributed by atoms with van der Waals surface area (Å²) in [5.74, 6) is -1.10. The number of hydrogen-bond acceptors (Lipinski definition) is 3. The summed E-state index contributed by atoms with van der Waals surface area (Å²) in [6.07, 6.45) is 0.442. The lowest BCUT2D eigenvalue weighted by Gasteiger charge is -2.10. The molecule has 1 aromatic carbocycles. The quantitative estimate of drug-likeness (QED) is 0.690. The highest BCUT2D eigenvalue weighted by Gasteiger charge is 2.56. The SMILES string of the molecule is COC(=O)c1ccc(C)c(NC(=O)[C@@H]2CC2(Cl)Cl)c1. The molecule has 0 saturated heterocycles. The van der Waals surface area contributed by atoms with Crippen molar-refractivity contribution in [2.24, 2.45) is 5.92 Å². The topological polar surface area (TPSA) is 55.4 Å². The van der Waals surface area contributed by atoms with Gasteiger partial charge in [0, 0.05) is 5.69 Å². The number of carbonyl (C=O) groups is 2. The molecule has 1 amide bonds. The van der Waals surface area contributed by atoms with Crippen molar-refractivity contribution in [3.8, 4) is 0 Å². The fourth-order valence-corrected chi connectivity index (χ4v) is 2.23. The monoisotopic (exact) mass is 301 g/mol. The summed E-state index contributed by atoms with van der Waals surface area (Å²) < 4.78 is 3.67. The van der Waals surface area contributed by atoms with E-state index in [2.05, 4.69) is 10.1 Å². The first-order valence-corrected chi connectivity index (χ1v) is 6.48. The third kappa shape index (κ3) is 3.01. The molecule has 1 aliphatic rings. The van der Waals surface area contributed by atoms with Crippen molar-refractivity contribution >= 4 is 40.8 Å². The number of benzene rings is 1. The minimum atomic E-state index is -0.960. The van der Waals surface area contributed by atoms with Crippen LogP contribution in [0.1, 0.15) is 22.3 Å². The Hall–Kier alpha value is -1.26. The van der Waals surface area contributed by atoms with Crippen LogP contribution in [0.15, 0.2) is 18.2 Å². The first kappa shape index (κ1) is 14.2. The molecule has 1 saturated carbocycles. The Morgan fingerprint density at radius 2 is 2.05 bits per heavy atom. The molecule has 1 fully saturated rings. The highest BCUT2D eigenvalue weighted by Crippen LogP contribution is 2.53. The Morgan fingerprint density at radius 1 is 1.42 bits per heavy atom. The number of methoxy groups -OCH3 is 1. The average Bonchev–Trinajstić information content (AvgIpc) is 3.00. The van der Waals surface area contributed by atoms with Crippen LogP contribution in [0.5, 0.6) is 0 Å². The van der Waals surface area contributed by atoms with Gasteiger partial charge in [0.2, 0.25) is 5.91 Å². The molecule has 0 bridgehead atoms. The van der Waals surface area contributed by atoms with Crippen LogP contribution >= 0.6 is 23.2 Å². The van der Waals surface area contributed by atoms with Gasteiger partial charge in [0.25, 0.3) is 0 Å². The van der Waals surface area contributed by atoms with E-state index in [0.717, 1.165) is 5.56 Å². The molecular formula is C13H13Cl2NO3. The number of amides is 1. The summed E-state index contributed by atoms with van der Waals surface area (Å²) >= 11 is 11.7. The minimum absolute atomic E-state index is 0.241. The van der Waals surface area contributed by atoms with Crippen molar-refractivity contribution in [1.29, 1.82) is 0 Å². The van der Waals surface area contributed by atoms with Crippen LogP contribution in [0, 0.1) is 12.8 Å². The highest BCUT2D eigenvalue weighted by molar-refractivity contribution is 6.52. The number of rotatable bonds is 3. The molecule has 1 atom stereocenters. The maximum atomic E-state index is 11.9. The number of nitrogens with one attached hydrogen (secondary N) is 1. The lowest BCUT2D eigenvalue weighted by Crippen LogP contribution is -2.18. The molecule has 1 N–H and O–H groups in total. The second kappa shape index (κ2) is 5.02. The number of alkyl halides is 2. The number of ether oxygens (including phenoxy) is 1. The van der Waals surface area contributed by atoms with E-state index in [1.165, 1.54) is 7.11 Å². The van der Waals surface area contributed by atoms with E-state index in [-0.39, 0.29) is 5.91 Å². The van der Waals surface area contributed by atoms with Gasteiger partial charge >= 0.3 is 5.97 Å². The fraction of sp³-hybridized carbons (Fsp3) is 0.385. The molecule has 0 spiro atoms. The van der Waals surface area contributed by atoms with Crippen LogP contribution in [0.3, 0.4) is 0 Å². The summed E-state index contributed by atoms with van der Waals surface area (Å²) in [6, 6.07) is 4.95. The predicted molar refractivity (Wildman–Crippen MR) is 73.7 cm³/mol. The molecule has 1 aromatic rings. The van der Waals surface area contributed by atoms with Crippen molar-refractivity contribution in [2.75, 3.05) is 12.4 Å². The molecule has 2 rings (SSSR count). The van der Waals surface area contributed by atoms with E-state index < -0.39 is 16.2 Å². The molecule has 0 heterocycles. The van der Waals surface area contributed by atoms with Gasteiger partial charge in [-0.15, -0.1) is 23.2 Å². The van der Waals surface area contributed by atoms with E-state index in [1.54, 1.807) is 18.2 Å². The van der Waals surface area contributed by atoms with E-state index in [4.69, 9.17) is 23.2 Å². The first-order valence-electron chi connectivity index (χ1n) is 5.73. The molecular weight excluding hydrogens is 289 g/mol. The van der Waals surface area contributed by atoms with Crippen molar-refractivity contribution in [2.45, 2.75) is 17.7 Å². The van der Waals surface area contributed by atoms with E-state index in [9.17, 15) is 9.59 Å². The smallest absolute Gasteiger partial charge is 0.337 e. The molecule has 0 unspecified atom stereocenters. The van der Waals surface area contributed by atoms with Crippen molar-refractivity contribution in [1.82, 2.24) is 0 Å². The molecule has 102 valence electrons. The zero-order valence-corrected chi connectivity index (χ0v) is 12.0. The van der Waals surface area contributed by atoms with Crippen LogP contribution < -0.4 is 5.32 Å². The molecule has 0 aliphatic heterocycles. The molecule has 0 radical (unpaired) electrons. The van der Waals surface area contributed by atoms with E-state index >= 15 is 0 Å². The van der Waals surface area contributed by atoms with Gasteiger partial charge in [-0.1, -0.05) is 6.07 Å². The second-order valence-electron chi connectivity index (χ2n) is 4.53. The molecule has 19 heavy (non-hydrogen) atoms. The van der Waals surface area contributed by atoms with Gasteiger partial charge in [-0.05, 0) is 31.0 Å². The summed E-state index contributed by atoms with van der Waals surface area (Å²) in [5, 5.41) is 2.73. The Balaban J connectivity index is 2.16. The fourth-order valence-electron chi connectivity index (χ4n) is 1.72. The summed E-state index contributed by atoms with van der Waals surface area (Å²) in [7, 11) is 1.31. The lowest BCUT2D eigenvalue weighted by molar-refractivity contribution is -0.117. The number of carbonyl (C=O) groups excluding carboxylic acids is 2. The van der Waals surface area contributed by atoms with Crippen molar-refractivity contribution < 1.29 is 14.3 Å². The van der Waals surface area contributed by atoms with E-state index in [1.807, 2.05) is 6.92 Å². The Kier molecular flexibility index (Phi) is 3.74. The normalized spacial score (nSPS) is 19.7. The van der Waals surface area contributed by atoms with Crippen LogP contribution in [0.25, 0.3) is 0 Å². The largest absolute Gasteiger partial charge is 0.465 e. The number of anilines is 1. The van der Waals surface area contributed by atoms with Gasteiger partial charge in [0.1, 0.15) is 4.33 Å². The molecule has 0 aromatic heterocycles. The summed E-state index contributed by atoms with van der Waals surface area (Å²) in [5.41, 5.74) is 1.78. The minimum Gasteiger partial charge on any atom is -0.465 e. The van der Waals surface area contributed by atoms with Gasteiger partial charge < -0.3 is 10.1 Å². The van der Waals surface area contributed by atoms with Crippen molar-refractivity contribution in [3.63, 3.8) is 0 Å². The Labute approximate surface area is 121 Å². The highest BCUT2D eigenvalue weighted by atomic mass is 35.5. The zero-order valence-electron chi connectivity index (χ0n) is 10.5. The van der Waals surface area contributed by atoms with Gasteiger partial charge in [-0.3, -0.25) is 4.79 Å². The number of halogens is 2. The maximum Gasteiger partial charge on any atom is 0.337 e. The van der Waals surface area contributed by atoms with Crippen LogP contribution in [0.4, 0.5) is 5.69 Å². The Bertz CT molecular complexity index is 543. The van der Waals surface area contributed by atoms with Gasteiger partial charge in [0.05, 0.1) is 18.6 Å². The number of aryl methyl sites for hydroxylation is 1. The third-order valence-corrected chi connectivity index (χ3v) is 3.89. The molecule has 1 aliphatic carbocycles. The first-order chi connectivity index (χ1) is 8.85. The standard InChI is InChI=1S/C13H13Cl2NO3/c1-7-3-4-8(12(18)19-2)5-10(7)16-11(17)9-6-13(9,14)15/h3-5,9H,6H2,1-2H3,(H,16,17)/t9-/m0/s1. The van der Waals surface area contributed by atoms with Gasteiger partial charge in [-0.25, -0.2) is 4.79 Å². The van der Waals surface area contributed by atoms with E-state index in [0.29, 0.717) is 17.7 Å². The summed E-state index contributed by atoms with van der Waals surface area (Å²) in [4.78, 5) is 23.3. The molecule has 4 nitrogen and oxygen atoms in total. The molecule has 6 heteroatoms. The Morgan fingerprint density at radius 3 is 2.58 bits per heavy atom. The van der Waals surface area contributed by atoms with Crippen molar-refractivity contribution in [3.05, 3.63) is 29.3 Å². The average molecular weight is 302 g/mol. The second-order valence-corrected chi connectivity index (χ2v) is 6.07. The zero-order chi connectivity index (χ0) is 14.2. The number of hydrogen-bond donors (Lipinski definition) is 1. The van der Waals surface area contributed by atoms with Gasteiger partial charge in [-0.2, -0.15) is 0 Å². The number of esters is 1. The van der Waals surface area contributed by atoms with Crippen LogP contribution in [-0.2, 0) is 9.53 Å². The third-order valence-electron chi connectivity index (χ3n) is 3.06. The van der Waals surface area contributed by atoms with Crippen LogP contribution in [-0.4, -0.2) is 23.3 Å². The van der Waals surface area contributed by atoms with Crippen LogP contribution in [0.2, 0.25) is 0 Å². The maximum absolute atomic E-state index is 11.9. The predicted octanol–water partition coefficient (Wildman–Crippen LogP) is 2.91. The van der Waals surface area contributed by atoms with Gasteiger partial charge in [0.15, 0.2) is 0 Å².